The van der Waals surface area contributed by atoms with Crippen molar-refractivity contribution in [2.24, 2.45) is 4.99 Å². The molecule has 2 heterocycles. The fourth-order valence-corrected chi connectivity index (χ4v) is 3.86. The van der Waals surface area contributed by atoms with Crippen molar-refractivity contribution in [1.82, 2.24) is 9.97 Å². The number of imidazole rings is 1. The zero-order chi connectivity index (χ0) is 20.8. The molecule has 0 amide bonds. The second-order valence-electron chi connectivity index (χ2n) is 7.39. The van der Waals surface area contributed by atoms with Crippen LogP contribution in [0.15, 0.2) is 100 Å². The summed E-state index contributed by atoms with van der Waals surface area (Å²) in [6, 6.07) is 28.9. The minimum atomic E-state index is 0.193. The molecule has 0 aliphatic rings. The summed E-state index contributed by atoms with van der Waals surface area (Å²) < 4.78 is 6.30. The van der Waals surface area contributed by atoms with Crippen LogP contribution in [0.4, 0.5) is 5.69 Å². The van der Waals surface area contributed by atoms with Crippen molar-refractivity contribution in [3.63, 3.8) is 0 Å². The number of H-pyrrole nitrogens is 1. The first-order valence-corrected chi connectivity index (χ1v) is 9.99. The van der Waals surface area contributed by atoms with Crippen LogP contribution in [0, 0.1) is 0 Å². The molecule has 0 aliphatic heterocycles. The Labute approximate surface area is 177 Å². The third-order valence-corrected chi connectivity index (χ3v) is 5.38. The topological polar surface area (TPSA) is 74.4 Å². The Hall–Kier alpha value is -4.38. The van der Waals surface area contributed by atoms with Crippen LogP contribution >= 0.6 is 0 Å². The Morgan fingerprint density at radius 2 is 1.61 bits per heavy atom. The Balaban J connectivity index is 1.69. The van der Waals surface area contributed by atoms with Gasteiger partial charge in [-0.15, -0.1) is 0 Å². The van der Waals surface area contributed by atoms with Gasteiger partial charge in [0, 0.05) is 5.39 Å². The highest BCUT2D eigenvalue weighted by Gasteiger charge is 2.13. The lowest BCUT2D eigenvalue weighted by molar-refractivity contribution is 0.475. The van der Waals surface area contributed by atoms with Gasteiger partial charge in [0.1, 0.15) is 17.2 Å². The molecular formula is C26H17N3O2. The quantitative estimate of drug-likeness (QED) is 0.345. The van der Waals surface area contributed by atoms with Crippen molar-refractivity contribution < 1.29 is 9.52 Å². The number of hydrogen-bond acceptors (Lipinski definition) is 4. The summed E-state index contributed by atoms with van der Waals surface area (Å²) in [5.74, 6) is 0.885. The molecule has 148 valence electrons. The third kappa shape index (κ3) is 3.04. The SMILES string of the molecule is Oc1ccc(N=c2oc3ccc4ccccc4c3cc2-c2nc3ccccc3[nH]2)cc1. The molecule has 0 atom stereocenters. The van der Waals surface area contributed by atoms with Crippen molar-refractivity contribution in [2.45, 2.75) is 0 Å². The molecule has 0 saturated heterocycles. The molecule has 0 aliphatic carbocycles. The van der Waals surface area contributed by atoms with Crippen LogP contribution in [0.1, 0.15) is 0 Å². The zero-order valence-electron chi connectivity index (χ0n) is 16.4. The van der Waals surface area contributed by atoms with Crippen LogP contribution < -0.4 is 5.55 Å². The first-order chi connectivity index (χ1) is 15.2. The van der Waals surface area contributed by atoms with E-state index in [1.807, 2.05) is 48.5 Å². The van der Waals surface area contributed by atoms with Gasteiger partial charge in [0.25, 0.3) is 0 Å². The van der Waals surface area contributed by atoms with Crippen LogP contribution in [0.2, 0.25) is 0 Å². The van der Waals surface area contributed by atoms with Gasteiger partial charge in [-0.3, -0.25) is 0 Å². The van der Waals surface area contributed by atoms with Gasteiger partial charge in [-0.25, -0.2) is 9.98 Å². The van der Waals surface area contributed by atoms with Gasteiger partial charge in [0.2, 0.25) is 5.55 Å². The number of benzene rings is 4. The molecule has 0 spiro atoms. The lowest BCUT2D eigenvalue weighted by Gasteiger charge is -2.06. The van der Waals surface area contributed by atoms with Crippen LogP contribution in [0.25, 0.3) is 44.2 Å². The molecule has 31 heavy (non-hydrogen) atoms. The van der Waals surface area contributed by atoms with Gasteiger partial charge in [-0.05, 0) is 59.3 Å². The molecule has 2 N–H and O–H groups in total. The maximum absolute atomic E-state index is 9.60. The number of phenols is 1. The molecule has 0 bridgehead atoms. The predicted molar refractivity (Wildman–Crippen MR) is 122 cm³/mol. The average molecular weight is 403 g/mol. The number of nitrogens with one attached hydrogen (secondary N) is 1. The zero-order valence-corrected chi connectivity index (χ0v) is 16.4. The number of aromatic nitrogens is 2. The van der Waals surface area contributed by atoms with Gasteiger partial charge in [-0.1, -0.05) is 42.5 Å². The molecular weight excluding hydrogens is 386 g/mol. The van der Waals surface area contributed by atoms with Crippen LogP contribution in [0.3, 0.4) is 0 Å². The van der Waals surface area contributed by atoms with E-state index in [0.29, 0.717) is 17.1 Å². The van der Waals surface area contributed by atoms with E-state index in [0.717, 1.165) is 38.3 Å². The Morgan fingerprint density at radius 3 is 2.48 bits per heavy atom. The maximum atomic E-state index is 9.60. The summed E-state index contributed by atoms with van der Waals surface area (Å²) in [5, 5.41) is 12.8. The van der Waals surface area contributed by atoms with E-state index in [-0.39, 0.29) is 5.75 Å². The fraction of sp³-hybridized carbons (Fsp3) is 0. The van der Waals surface area contributed by atoms with E-state index in [1.165, 1.54) is 0 Å². The van der Waals surface area contributed by atoms with Crippen LogP contribution in [-0.4, -0.2) is 15.1 Å². The second kappa shape index (κ2) is 6.85. The normalized spacial score (nSPS) is 12.2. The van der Waals surface area contributed by atoms with Crippen molar-refractivity contribution in [3.05, 3.63) is 96.5 Å². The number of fused-ring (bicyclic) bond motifs is 4. The van der Waals surface area contributed by atoms with Gasteiger partial charge in [-0.2, -0.15) is 0 Å². The third-order valence-electron chi connectivity index (χ3n) is 5.38. The van der Waals surface area contributed by atoms with Gasteiger partial charge >= 0.3 is 0 Å². The van der Waals surface area contributed by atoms with Crippen molar-refractivity contribution in [1.29, 1.82) is 0 Å². The van der Waals surface area contributed by atoms with Crippen molar-refractivity contribution in [3.8, 4) is 17.1 Å². The molecule has 0 fully saturated rings. The molecule has 6 aromatic rings. The summed E-state index contributed by atoms with van der Waals surface area (Å²) in [6.45, 7) is 0. The van der Waals surface area contributed by atoms with E-state index >= 15 is 0 Å². The first kappa shape index (κ1) is 17.5. The highest BCUT2D eigenvalue weighted by molar-refractivity contribution is 6.06. The van der Waals surface area contributed by atoms with Gasteiger partial charge < -0.3 is 14.5 Å². The number of hydrogen-bond donors (Lipinski definition) is 2. The molecule has 0 saturated carbocycles. The second-order valence-corrected chi connectivity index (χ2v) is 7.39. The highest BCUT2D eigenvalue weighted by atomic mass is 16.3. The summed E-state index contributed by atoms with van der Waals surface area (Å²) in [7, 11) is 0. The van der Waals surface area contributed by atoms with Crippen molar-refractivity contribution >= 4 is 38.5 Å². The fourth-order valence-electron chi connectivity index (χ4n) is 3.86. The Morgan fingerprint density at radius 1 is 0.806 bits per heavy atom. The largest absolute Gasteiger partial charge is 0.508 e. The number of nitrogens with zero attached hydrogens (tertiary/aromatic N) is 2. The van der Waals surface area contributed by atoms with E-state index < -0.39 is 0 Å². The minimum Gasteiger partial charge on any atom is -0.508 e. The standard InChI is InChI=1S/C26H17N3O2/c30-18-12-10-17(11-13-18)27-26-21(25-28-22-7-3-4-8-23(22)29-25)15-20-19-6-2-1-5-16(19)9-14-24(20)31-26/h1-15,30H,(H,28,29). The van der Waals surface area contributed by atoms with Crippen LogP contribution in [0.5, 0.6) is 5.75 Å². The smallest absolute Gasteiger partial charge is 0.230 e. The van der Waals surface area contributed by atoms with Crippen LogP contribution in [-0.2, 0) is 0 Å². The van der Waals surface area contributed by atoms with E-state index in [1.54, 1.807) is 24.3 Å². The molecule has 2 aromatic heterocycles. The first-order valence-electron chi connectivity index (χ1n) is 9.99. The average Bonchev–Trinajstić information content (AvgIpc) is 3.24. The maximum Gasteiger partial charge on any atom is 0.230 e. The monoisotopic (exact) mass is 403 g/mol. The number of phenolic OH excluding ortho intramolecular Hbond substituents is 1. The Bertz CT molecular complexity index is 1610. The number of rotatable bonds is 2. The molecule has 6 rings (SSSR count). The number of aromatic amines is 1. The number of aromatic hydroxyl groups is 1. The number of para-hydroxylation sites is 2. The Kier molecular flexibility index (Phi) is 3.86. The summed E-state index contributed by atoms with van der Waals surface area (Å²) in [5.41, 5.74) is 4.48. The van der Waals surface area contributed by atoms with E-state index in [9.17, 15) is 5.11 Å². The molecule has 4 aromatic carbocycles. The van der Waals surface area contributed by atoms with E-state index in [4.69, 9.17) is 14.4 Å². The predicted octanol–water partition coefficient (Wildman–Crippen LogP) is 6.07. The lowest BCUT2D eigenvalue weighted by atomic mass is 10.0. The van der Waals surface area contributed by atoms with Gasteiger partial charge in [0.05, 0.1) is 22.3 Å². The summed E-state index contributed by atoms with van der Waals surface area (Å²) in [4.78, 5) is 12.9. The molecule has 0 radical (unpaired) electrons. The summed E-state index contributed by atoms with van der Waals surface area (Å²) >= 11 is 0. The lowest BCUT2D eigenvalue weighted by Crippen LogP contribution is -2.06. The highest BCUT2D eigenvalue weighted by Crippen LogP contribution is 2.28. The molecule has 5 heteroatoms. The van der Waals surface area contributed by atoms with E-state index in [2.05, 4.69) is 23.2 Å². The molecule has 5 nitrogen and oxygen atoms in total. The summed E-state index contributed by atoms with van der Waals surface area (Å²) in [6.07, 6.45) is 0. The minimum absolute atomic E-state index is 0.193. The van der Waals surface area contributed by atoms with Gasteiger partial charge in [0.15, 0.2) is 0 Å². The molecule has 0 unspecified atom stereocenters. The van der Waals surface area contributed by atoms with Crippen molar-refractivity contribution in [2.75, 3.05) is 0 Å².